The highest BCUT2D eigenvalue weighted by Gasteiger charge is 2.47. The molecule has 1 aromatic heterocycles. The molecule has 1 aliphatic rings. The van der Waals surface area contributed by atoms with Crippen LogP contribution in [0.2, 0.25) is 5.02 Å². The number of Topliss-reactive ketones (excluding diaryl/α,β-unsaturated/α-hetero) is 1. The zero-order valence-corrected chi connectivity index (χ0v) is 16.7. The van der Waals surface area contributed by atoms with Crippen molar-refractivity contribution in [1.29, 1.82) is 0 Å². The van der Waals surface area contributed by atoms with Crippen molar-refractivity contribution in [2.24, 2.45) is 0 Å². The molecule has 0 spiro atoms. The largest absolute Gasteiger partial charge is 0.507 e. The van der Waals surface area contributed by atoms with E-state index in [4.69, 9.17) is 16.3 Å². The van der Waals surface area contributed by atoms with Gasteiger partial charge in [0.05, 0.1) is 18.7 Å². The van der Waals surface area contributed by atoms with E-state index in [1.807, 2.05) is 0 Å². The molecule has 0 bridgehead atoms. The minimum Gasteiger partial charge on any atom is -0.507 e. The minimum atomic E-state index is -0.884. The maximum absolute atomic E-state index is 13.0. The fourth-order valence-electron chi connectivity index (χ4n) is 3.48. The van der Waals surface area contributed by atoms with Gasteiger partial charge in [-0.05, 0) is 42.0 Å². The van der Waals surface area contributed by atoms with Crippen LogP contribution in [0.25, 0.3) is 5.76 Å². The van der Waals surface area contributed by atoms with Crippen LogP contribution < -0.4 is 9.64 Å². The van der Waals surface area contributed by atoms with E-state index < -0.39 is 17.7 Å². The Balaban J connectivity index is 1.95. The first-order valence-corrected chi connectivity index (χ1v) is 9.51. The summed E-state index contributed by atoms with van der Waals surface area (Å²) in [6, 6.07) is 17.7. The van der Waals surface area contributed by atoms with E-state index in [9.17, 15) is 14.7 Å². The SMILES string of the molecule is COc1cccc(/C(O)=C2\C(=O)C(=O)N(c3ccccn3)[C@@H]2c2cccc(Cl)c2)c1. The van der Waals surface area contributed by atoms with Crippen LogP contribution in [0, 0.1) is 0 Å². The number of ether oxygens (including phenoxy) is 1. The van der Waals surface area contributed by atoms with Crippen molar-refractivity contribution in [3.05, 3.63) is 94.6 Å². The molecule has 7 heteroatoms. The smallest absolute Gasteiger partial charge is 0.301 e. The van der Waals surface area contributed by atoms with Crippen LogP contribution in [0.1, 0.15) is 17.2 Å². The van der Waals surface area contributed by atoms with Crippen molar-refractivity contribution >= 4 is 34.9 Å². The van der Waals surface area contributed by atoms with Crippen molar-refractivity contribution in [2.45, 2.75) is 6.04 Å². The number of amides is 1. The highest BCUT2D eigenvalue weighted by molar-refractivity contribution is 6.51. The van der Waals surface area contributed by atoms with E-state index in [1.165, 1.54) is 18.2 Å². The molecule has 6 nitrogen and oxygen atoms in total. The number of hydrogen-bond acceptors (Lipinski definition) is 5. The second-order valence-electron chi connectivity index (χ2n) is 6.64. The van der Waals surface area contributed by atoms with Gasteiger partial charge < -0.3 is 9.84 Å². The molecule has 150 valence electrons. The van der Waals surface area contributed by atoms with E-state index in [-0.39, 0.29) is 11.3 Å². The Morgan fingerprint density at radius 2 is 1.87 bits per heavy atom. The molecule has 1 fully saturated rings. The monoisotopic (exact) mass is 420 g/mol. The second kappa shape index (κ2) is 8.00. The Morgan fingerprint density at radius 3 is 2.57 bits per heavy atom. The Labute approximate surface area is 178 Å². The van der Waals surface area contributed by atoms with Crippen molar-refractivity contribution in [1.82, 2.24) is 4.98 Å². The molecule has 0 saturated carbocycles. The predicted octanol–water partition coefficient (Wildman–Crippen LogP) is 4.37. The van der Waals surface area contributed by atoms with Gasteiger partial charge in [-0.25, -0.2) is 4.98 Å². The van der Waals surface area contributed by atoms with Crippen molar-refractivity contribution in [3.63, 3.8) is 0 Å². The summed E-state index contributed by atoms with van der Waals surface area (Å²) in [5.41, 5.74) is 0.901. The van der Waals surface area contributed by atoms with Crippen molar-refractivity contribution < 1.29 is 19.4 Å². The summed E-state index contributed by atoms with van der Waals surface area (Å²) in [6.07, 6.45) is 1.53. The van der Waals surface area contributed by atoms with E-state index in [2.05, 4.69) is 4.98 Å². The Kier molecular flexibility index (Phi) is 5.25. The third-order valence-corrected chi connectivity index (χ3v) is 5.08. The number of aliphatic hydroxyl groups is 1. The topological polar surface area (TPSA) is 79.7 Å². The molecule has 4 rings (SSSR count). The molecule has 1 atom stereocenters. The first-order chi connectivity index (χ1) is 14.5. The number of benzene rings is 2. The van der Waals surface area contributed by atoms with Crippen LogP contribution in [0.15, 0.2) is 78.5 Å². The standard InChI is InChI=1S/C23H17ClN2O4/c1-30-17-9-5-7-15(13-17)21(27)19-20(14-6-4-8-16(24)12-14)26(23(29)22(19)28)18-10-2-3-11-25-18/h2-13,20,27H,1H3/b21-19+/t20-/m1/s1. The van der Waals surface area contributed by atoms with Gasteiger partial charge in [-0.2, -0.15) is 0 Å². The zero-order valence-electron chi connectivity index (χ0n) is 15.9. The molecule has 1 amide bonds. The normalized spacial score (nSPS) is 17.9. The maximum Gasteiger partial charge on any atom is 0.301 e. The molecule has 30 heavy (non-hydrogen) atoms. The third-order valence-electron chi connectivity index (χ3n) is 4.85. The summed E-state index contributed by atoms with van der Waals surface area (Å²) in [5, 5.41) is 11.5. The van der Waals surface area contributed by atoms with Crippen LogP contribution in [0.3, 0.4) is 0 Å². The summed E-state index contributed by atoms with van der Waals surface area (Å²) >= 11 is 6.17. The lowest BCUT2D eigenvalue weighted by atomic mass is 9.95. The molecule has 1 saturated heterocycles. The van der Waals surface area contributed by atoms with Gasteiger partial charge in [-0.1, -0.05) is 41.9 Å². The predicted molar refractivity (Wildman–Crippen MR) is 113 cm³/mol. The molecule has 2 aromatic carbocycles. The van der Waals surface area contributed by atoms with E-state index in [1.54, 1.807) is 66.7 Å². The van der Waals surface area contributed by atoms with E-state index in [0.717, 1.165) is 0 Å². The number of carbonyl (C=O) groups excluding carboxylic acids is 2. The number of rotatable bonds is 4. The molecule has 2 heterocycles. The number of carbonyl (C=O) groups is 2. The number of nitrogens with zero attached hydrogens (tertiary/aromatic N) is 2. The van der Waals surface area contributed by atoms with Crippen molar-refractivity contribution in [3.8, 4) is 5.75 Å². The number of hydrogen-bond donors (Lipinski definition) is 1. The van der Waals surface area contributed by atoms with Crippen molar-refractivity contribution in [2.75, 3.05) is 12.0 Å². The molecule has 3 aromatic rings. The number of pyridine rings is 1. The first kappa shape index (κ1) is 19.7. The maximum atomic E-state index is 13.0. The van der Waals surface area contributed by atoms with Crippen LogP contribution in [0.5, 0.6) is 5.75 Å². The average Bonchev–Trinajstić information content (AvgIpc) is 3.04. The number of aliphatic hydroxyl groups excluding tert-OH is 1. The summed E-state index contributed by atoms with van der Waals surface area (Å²) in [4.78, 5) is 31.5. The number of methoxy groups -OCH3 is 1. The van der Waals surface area contributed by atoms with Crippen LogP contribution >= 0.6 is 11.6 Å². The van der Waals surface area contributed by atoms with Gasteiger partial charge in [0.1, 0.15) is 17.3 Å². The van der Waals surface area contributed by atoms with Crippen LogP contribution in [0.4, 0.5) is 5.82 Å². The lowest BCUT2D eigenvalue weighted by molar-refractivity contribution is -0.132. The molecule has 0 unspecified atom stereocenters. The molecule has 0 radical (unpaired) electrons. The molecular formula is C23H17ClN2O4. The van der Waals surface area contributed by atoms with Gasteiger partial charge in [0.15, 0.2) is 0 Å². The lowest BCUT2D eigenvalue weighted by Crippen LogP contribution is -2.30. The number of halogens is 1. The second-order valence-corrected chi connectivity index (χ2v) is 7.08. The Hall–Kier alpha value is -3.64. The van der Waals surface area contributed by atoms with Gasteiger partial charge in [0.2, 0.25) is 0 Å². The highest BCUT2D eigenvalue weighted by Crippen LogP contribution is 2.42. The number of anilines is 1. The quantitative estimate of drug-likeness (QED) is 0.385. The summed E-state index contributed by atoms with van der Waals surface area (Å²) < 4.78 is 5.21. The molecule has 1 N–H and O–H groups in total. The Morgan fingerprint density at radius 1 is 1.07 bits per heavy atom. The third kappa shape index (κ3) is 3.42. The minimum absolute atomic E-state index is 0.0406. The van der Waals surface area contributed by atoms with Gasteiger partial charge in [-0.15, -0.1) is 0 Å². The van der Waals surface area contributed by atoms with Gasteiger partial charge in [-0.3, -0.25) is 14.5 Å². The average molecular weight is 421 g/mol. The van der Waals surface area contributed by atoms with Gasteiger partial charge >= 0.3 is 5.91 Å². The summed E-state index contributed by atoms with van der Waals surface area (Å²) in [6.45, 7) is 0. The Bertz CT molecular complexity index is 1160. The fourth-order valence-corrected chi connectivity index (χ4v) is 3.68. The van der Waals surface area contributed by atoms with E-state index in [0.29, 0.717) is 27.7 Å². The van der Waals surface area contributed by atoms with Gasteiger partial charge in [0.25, 0.3) is 5.78 Å². The number of aromatic nitrogens is 1. The van der Waals surface area contributed by atoms with Crippen LogP contribution in [-0.4, -0.2) is 28.9 Å². The molecule has 1 aliphatic heterocycles. The van der Waals surface area contributed by atoms with Crippen LogP contribution in [-0.2, 0) is 9.59 Å². The molecular weight excluding hydrogens is 404 g/mol. The lowest BCUT2D eigenvalue weighted by Gasteiger charge is -2.24. The molecule has 0 aliphatic carbocycles. The summed E-state index contributed by atoms with van der Waals surface area (Å²) in [7, 11) is 1.51. The van der Waals surface area contributed by atoms with E-state index >= 15 is 0 Å². The highest BCUT2D eigenvalue weighted by atomic mass is 35.5. The summed E-state index contributed by atoms with van der Waals surface area (Å²) in [5.74, 6) is -1.06. The van der Waals surface area contributed by atoms with Gasteiger partial charge in [0, 0.05) is 16.8 Å². The first-order valence-electron chi connectivity index (χ1n) is 9.13. The fraction of sp³-hybridized carbons (Fsp3) is 0.0870. The number of ketones is 1. The zero-order chi connectivity index (χ0) is 21.3.